The van der Waals surface area contributed by atoms with Crippen LogP contribution in [0, 0.1) is 0 Å². The van der Waals surface area contributed by atoms with E-state index in [0.717, 1.165) is 91.0 Å². The summed E-state index contributed by atoms with van der Waals surface area (Å²) in [4.78, 5) is 57.6. The molecular formula is C68H94N4O6. The maximum atomic E-state index is 13.4. The zero-order valence-corrected chi connectivity index (χ0v) is 49.2. The van der Waals surface area contributed by atoms with Crippen molar-refractivity contribution in [2.45, 2.75) is 207 Å². The SMILES string of the molecule is CN(Cc1c2ccccc2c(CNCC(=O)OC(C)(C)C)c2ccccc12)C(=O)CCCCCCCCCCCCCCCCCCCCC(=O)N(C)Cc1c2ccccc2c(CN(C)C(=O)OC(C)(C)C)c2ccccc12. The van der Waals surface area contributed by atoms with Crippen LogP contribution >= 0.6 is 0 Å². The quantitative estimate of drug-likeness (QED) is 0.0262. The molecule has 78 heavy (non-hydrogen) atoms. The average molecular weight is 1060 g/mol. The van der Waals surface area contributed by atoms with Crippen molar-refractivity contribution in [2.24, 2.45) is 0 Å². The molecule has 1 N–H and O–H groups in total. The molecule has 0 aliphatic heterocycles. The van der Waals surface area contributed by atoms with Crippen molar-refractivity contribution in [3.05, 3.63) is 119 Å². The zero-order valence-electron chi connectivity index (χ0n) is 49.2. The molecule has 0 fully saturated rings. The molecule has 0 saturated carbocycles. The molecular weight excluding hydrogens is 969 g/mol. The molecule has 10 heteroatoms. The highest BCUT2D eigenvalue weighted by atomic mass is 16.6. The van der Waals surface area contributed by atoms with Crippen molar-refractivity contribution >= 4 is 67.0 Å². The van der Waals surface area contributed by atoms with Crippen molar-refractivity contribution in [3.8, 4) is 0 Å². The summed E-state index contributed by atoms with van der Waals surface area (Å²) in [6.45, 7) is 13.5. The van der Waals surface area contributed by atoms with Crippen LogP contribution in [0.2, 0.25) is 0 Å². The molecule has 0 saturated heterocycles. The van der Waals surface area contributed by atoms with E-state index in [9.17, 15) is 19.2 Å². The third-order valence-electron chi connectivity index (χ3n) is 15.1. The number of nitrogens with one attached hydrogen (secondary N) is 1. The van der Waals surface area contributed by atoms with Crippen LogP contribution in [0.15, 0.2) is 97.1 Å². The number of fused-ring (bicyclic) bond motifs is 4. The fourth-order valence-electron chi connectivity index (χ4n) is 11.0. The zero-order chi connectivity index (χ0) is 56.1. The van der Waals surface area contributed by atoms with Crippen molar-refractivity contribution < 1.29 is 28.7 Å². The molecule has 6 rings (SSSR count). The van der Waals surface area contributed by atoms with Crippen LogP contribution in [0.1, 0.15) is 192 Å². The number of ether oxygens (including phenoxy) is 2. The van der Waals surface area contributed by atoms with E-state index in [0.29, 0.717) is 39.0 Å². The Balaban J connectivity index is 0.777. The van der Waals surface area contributed by atoms with Gasteiger partial charge in [-0.1, -0.05) is 200 Å². The Kier molecular flexibility index (Phi) is 23.8. The van der Waals surface area contributed by atoms with Gasteiger partial charge in [0.25, 0.3) is 0 Å². The van der Waals surface area contributed by atoms with Crippen LogP contribution in [0.25, 0.3) is 43.1 Å². The van der Waals surface area contributed by atoms with E-state index < -0.39 is 11.2 Å². The molecule has 0 bridgehead atoms. The molecule has 6 aromatic carbocycles. The van der Waals surface area contributed by atoms with E-state index in [-0.39, 0.29) is 30.4 Å². The molecule has 10 nitrogen and oxygen atoms in total. The van der Waals surface area contributed by atoms with Crippen LogP contribution in [0.5, 0.6) is 0 Å². The fraction of sp³-hybridized carbons (Fsp3) is 0.529. The van der Waals surface area contributed by atoms with Gasteiger partial charge in [-0.25, -0.2) is 4.79 Å². The first kappa shape index (κ1) is 61.2. The number of benzene rings is 6. The number of rotatable bonds is 31. The number of carbonyl (C=O) groups is 4. The van der Waals surface area contributed by atoms with Gasteiger partial charge >= 0.3 is 12.1 Å². The summed E-state index contributed by atoms with van der Waals surface area (Å²) in [5.41, 5.74) is 3.43. The second kappa shape index (κ2) is 30.4. The highest BCUT2D eigenvalue weighted by Crippen LogP contribution is 2.36. The lowest BCUT2D eigenvalue weighted by molar-refractivity contribution is -0.153. The Morgan fingerprint density at radius 1 is 0.372 bits per heavy atom. The molecule has 6 aromatic rings. The molecule has 422 valence electrons. The van der Waals surface area contributed by atoms with Gasteiger partial charge in [-0.05, 0) is 120 Å². The first-order chi connectivity index (χ1) is 37.4. The predicted octanol–water partition coefficient (Wildman–Crippen LogP) is 16.5. The summed E-state index contributed by atoms with van der Waals surface area (Å²) < 4.78 is 11.2. The van der Waals surface area contributed by atoms with Crippen molar-refractivity contribution in [3.63, 3.8) is 0 Å². The van der Waals surface area contributed by atoms with Gasteiger partial charge in [0.05, 0.1) is 6.54 Å². The standard InChI is InChI=1S/C68H94N4O6/c1-67(2,3)77-65(75)47-69-46-59-51-36-28-30-38-53(51)60(54-39-31-29-37-52(54)59)48-70(7)63(73)44-26-24-22-20-18-16-14-12-10-11-13-15-17-19-21-23-25-27-45-64(74)71(8)49-61-55-40-32-34-42-57(55)62(58-43-35-33-41-56(58)61)50-72(9)66(76)78-68(4,5)6/h28-43,69H,10-27,44-50H2,1-9H3. The average Bonchev–Trinajstić information content (AvgIpc) is 3.51. The Morgan fingerprint density at radius 3 is 0.910 bits per heavy atom. The minimum atomic E-state index is -0.572. The number of amides is 3. The van der Waals surface area contributed by atoms with Gasteiger partial charge < -0.3 is 29.5 Å². The number of hydrogen-bond acceptors (Lipinski definition) is 7. The lowest BCUT2D eigenvalue weighted by Gasteiger charge is -2.26. The summed E-state index contributed by atoms with van der Waals surface area (Å²) in [6, 6.07) is 33.5. The number of hydrogen-bond donors (Lipinski definition) is 1. The maximum Gasteiger partial charge on any atom is 0.410 e. The third kappa shape index (κ3) is 18.8. The molecule has 0 unspecified atom stereocenters. The second-order valence-corrected chi connectivity index (χ2v) is 24.0. The van der Waals surface area contributed by atoms with E-state index in [1.807, 2.05) is 77.6 Å². The van der Waals surface area contributed by atoms with Crippen molar-refractivity contribution in [1.82, 2.24) is 20.0 Å². The topological polar surface area (TPSA) is 108 Å². The second-order valence-electron chi connectivity index (χ2n) is 24.0. The van der Waals surface area contributed by atoms with Gasteiger partial charge in [0.2, 0.25) is 11.8 Å². The number of carbonyl (C=O) groups excluding carboxylic acids is 4. The van der Waals surface area contributed by atoms with E-state index in [1.54, 1.807) is 11.9 Å². The van der Waals surface area contributed by atoms with Gasteiger partial charge in [-0.15, -0.1) is 0 Å². The number of unbranched alkanes of at least 4 members (excludes halogenated alkanes) is 17. The Labute approximate surface area is 468 Å². The molecule has 0 atom stereocenters. The Morgan fingerprint density at radius 2 is 0.628 bits per heavy atom. The predicted molar refractivity (Wildman–Crippen MR) is 323 cm³/mol. The third-order valence-corrected chi connectivity index (χ3v) is 15.1. The Hall–Kier alpha value is -6.00. The molecule has 0 radical (unpaired) electrons. The van der Waals surface area contributed by atoms with Gasteiger partial charge in [0.1, 0.15) is 11.2 Å². The maximum absolute atomic E-state index is 13.4. The molecule has 0 aromatic heterocycles. The normalized spacial score (nSPS) is 11.9. The van der Waals surface area contributed by atoms with Crippen molar-refractivity contribution in [2.75, 3.05) is 27.7 Å². The highest BCUT2D eigenvalue weighted by Gasteiger charge is 2.24. The molecule has 3 amide bonds. The van der Waals surface area contributed by atoms with Crippen molar-refractivity contribution in [1.29, 1.82) is 0 Å². The largest absolute Gasteiger partial charge is 0.459 e. The summed E-state index contributed by atoms with van der Waals surface area (Å²) in [6.07, 6.45) is 22.9. The van der Waals surface area contributed by atoms with Crippen LogP contribution in [-0.4, -0.2) is 77.5 Å². The van der Waals surface area contributed by atoms with E-state index in [4.69, 9.17) is 9.47 Å². The van der Waals surface area contributed by atoms with E-state index in [2.05, 4.69) is 90.2 Å². The molecule has 0 heterocycles. The van der Waals surface area contributed by atoms with Crippen LogP contribution in [0.4, 0.5) is 4.79 Å². The van der Waals surface area contributed by atoms with Crippen LogP contribution < -0.4 is 5.32 Å². The molecule has 0 spiro atoms. The smallest absolute Gasteiger partial charge is 0.410 e. The van der Waals surface area contributed by atoms with E-state index in [1.165, 1.54) is 89.9 Å². The Bertz CT molecular complexity index is 2780. The summed E-state index contributed by atoms with van der Waals surface area (Å²) in [7, 11) is 5.65. The van der Waals surface area contributed by atoms with Crippen LogP contribution in [0.3, 0.4) is 0 Å². The lowest BCUT2D eigenvalue weighted by Crippen LogP contribution is -2.34. The minimum absolute atomic E-state index is 0.136. The monoisotopic (exact) mass is 1060 g/mol. The van der Waals surface area contributed by atoms with Gasteiger partial charge in [-0.3, -0.25) is 14.4 Å². The molecule has 0 aliphatic rings. The van der Waals surface area contributed by atoms with Gasteiger partial charge in [0, 0.05) is 60.2 Å². The minimum Gasteiger partial charge on any atom is -0.459 e. The number of esters is 1. The van der Waals surface area contributed by atoms with Gasteiger partial charge in [-0.2, -0.15) is 0 Å². The lowest BCUT2D eigenvalue weighted by atomic mass is 9.91. The first-order valence-electron chi connectivity index (χ1n) is 29.6. The summed E-state index contributed by atoms with van der Waals surface area (Å²) >= 11 is 0. The van der Waals surface area contributed by atoms with E-state index >= 15 is 0 Å². The summed E-state index contributed by atoms with van der Waals surface area (Å²) in [5.74, 6) is 0.112. The number of nitrogens with zero attached hydrogens (tertiary/aromatic N) is 3. The highest BCUT2D eigenvalue weighted by molar-refractivity contribution is 6.07. The first-order valence-corrected chi connectivity index (χ1v) is 29.6. The van der Waals surface area contributed by atoms with Crippen LogP contribution in [-0.2, 0) is 50.0 Å². The summed E-state index contributed by atoms with van der Waals surface area (Å²) in [5, 5.41) is 12.3. The molecule has 0 aliphatic carbocycles. The fourth-order valence-corrected chi connectivity index (χ4v) is 11.0. The van der Waals surface area contributed by atoms with Gasteiger partial charge in [0.15, 0.2) is 0 Å².